The maximum Gasteiger partial charge on any atom is 0.340 e. The van der Waals surface area contributed by atoms with Crippen molar-refractivity contribution in [1.29, 1.82) is 10.7 Å². The fourth-order valence-electron chi connectivity index (χ4n) is 4.97. The number of nitrogens with zero attached hydrogens (tertiary/aromatic N) is 6. The maximum atomic E-state index is 9.57. The number of nitriles is 1. The van der Waals surface area contributed by atoms with Crippen molar-refractivity contribution in [2.24, 2.45) is 4.99 Å². The minimum Gasteiger partial charge on any atom is -0.582 e. The number of methoxy groups -OCH3 is 1. The topological polar surface area (TPSA) is 150 Å². The molecule has 0 amide bonds. The van der Waals surface area contributed by atoms with E-state index in [1.165, 1.54) is 11.3 Å². The summed E-state index contributed by atoms with van der Waals surface area (Å²) in [6.07, 6.45) is 6.29. The van der Waals surface area contributed by atoms with Crippen LogP contribution < -0.4 is 5.73 Å². The summed E-state index contributed by atoms with van der Waals surface area (Å²) in [6, 6.07) is 3.86. The first-order valence-electron chi connectivity index (χ1n) is 12.5. The number of aromatic nitrogens is 2. The van der Waals surface area contributed by atoms with Gasteiger partial charge in [0.2, 0.25) is 0 Å². The average Bonchev–Trinajstić information content (AvgIpc) is 3.04. The number of nitrogen functional groups attached to an aromatic ring is 1. The zero-order valence-electron chi connectivity index (χ0n) is 20.8. The van der Waals surface area contributed by atoms with Crippen LogP contribution in [0, 0.1) is 16.7 Å². The number of hydrogen-bond donors (Lipinski definition) is 2. The van der Waals surface area contributed by atoms with Crippen LogP contribution in [-0.2, 0) is 17.7 Å². The third-order valence-corrected chi connectivity index (χ3v) is 7.88. The lowest BCUT2D eigenvalue weighted by Crippen LogP contribution is -2.32. The fraction of sp³-hybridized carbons (Fsp3) is 0.560. The molecule has 10 nitrogen and oxygen atoms in total. The Bertz CT molecular complexity index is 1140. The summed E-state index contributed by atoms with van der Waals surface area (Å²) >= 11 is 1.43. The van der Waals surface area contributed by atoms with Gasteiger partial charge in [-0.1, -0.05) is 0 Å². The number of aryl methyl sites for hydroxylation is 1. The molecule has 11 heteroatoms. The van der Waals surface area contributed by atoms with Crippen LogP contribution in [0.2, 0.25) is 0 Å². The standard InChI is InChI=1S/C25H34N8O2S/c1-35-14-4-11-32-9-3-10-33(13-12-32)16-21-29-8-7-19(30-21)23(27)31-25(34)17-5-2-6-20-22(17)18(15-26)24(28)36-20/h7-8,17H,2-6,9-14,16,28H2,1H3,(H2,27,31,34)/p+1/t17-/m0/s1. The summed E-state index contributed by atoms with van der Waals surface area (Å²) < 4.78 is 5.17. The van der Waals surface area contributed by atoms with Crippen molar-refractivity contribution in [3.05, 3.63) is 39.8 Å². The highest BCUT2D eigenvalue weighted by atomic mass is 32.1. The van der Waals surface area contributed by atoms with Crippen LogP contribution in [0.25, 0.3) is 0 Å². The number of amidine groups is 1. The maximum absolute atomic E-state index is 9.57. The molecule has 2 aliphatic rings. The first-order chi connectivity index (χ1) is 17.5. The first-order valence-corrected chi connectivity index (χ1v) is 13.3. The van der Waals surface area contributed by atoms with E-state index < -0.39 is 0 Å². The molecular weight excluding hydrogens is 476 g/mol. The van der Waals surface area contributed by atoms with E-state index in [2.05, 4.69) is 30.8 Å². The molecule has 192 valence electrons. The molecule has 0 spiro atoms. The number of rotatable bonds is 8. The van der Waals surface area contributed by atoms with E-state index in [1.54, 1.807) is 19.4 Å². The first kappa shape index (κ1) is 26.2. The van der Waals surface area contributed by atoms with E-state index >= 15 is 0 Å². The number of fused-ring (bicyclic) bond motifs is 1. The number of nitrogens with one attached hydrogen (secondary N) is 1. The van der Waals surface area contributed by atoms with Crippen LogP contribution >= 0.6 is 11.3 Å². The molecular formula is C25H35N8O2S+. The second-order valence-corrected chi connectivity index (χ2v) is 10.4. The van der Waals surface area contributed by atoms with Crippen molar-refractivity contribution in [2.75, 3.05) is 52.2 Å². The number of nitrogens with two attached hydrogens (primary N) is 1. The molecule has 0 unspecified atom stereocenters. The van der Waals surface area contributed by atoms with Crippen molar-refractivity contribution in [3.8, 4) is 6.07 Å². The summed E-state index contributed by atoms with van der Waals surface area (Å²) in [4.78, 5) is 19.2. The van der Waals surface area contributed by atoms with Crippen molar-refractivity contribution in [1.82, 2.24) is 19.8 Å². The van der Waals surface area contributed by atoms with Crippen molar-refractivity contribution < 1.29 is 9.84 Å². The number of anilines is 1. The number of hydrogen-bond acceptors (Lipinski definition) is 9. The lowest BCUT2D eigenvalue weighted by atomic mass is 9.85. The Morgan fingerprint density at radius 2 is 2.14 bits per heavy atom. The lowest BCUT2D eigenvalue weighted by molar-refractivity contribution is 0.172. The minimum atomic E-state index is -0.317. The van der Waals surface area contributed by atoms with Gasteiger partial charge in [0.15, 0.2) is 5.84 Å². The zero-order chi connectivity index (χ0) is 25.5. The van der Waals surface area contributed by atoms with Gasteiger partial charge >= 0.3 is 5.90 Å². The monoisotopic (exact) mass is 511 g/mol. The molecule has 5 N–H and O–H groups in total. The highest BCUT2D eigenvalue weighted by Gasteiger charge is 2.34. The molecule has 36 heavy (non-hydrogen) atoms. The van der Waals surface area contributed by atoms with Crippen LogP contribution in [0.4, 0.5) is 5.00 Å². The minimum absolute atomic E-state index is 0.0577. The Labute approximate surface area is 216 Å². The van der Waals surface area contributed by atoms with E-state index in [0.29, 0.717) is 28.6 Å². The number of thiophene rings is 1. The normalized spacial score (nSPS) is 19.4. The van der Waals surface area contributed by atoms with E-state index in [0.717, 1.165) is 81.9 Å². The van der Waals surface area contributed by atoms with Gasteiger partial charge in [0.05, 0.1) is 12.1 Å². The van der Waals surface area contributed by atoms with E-state index in [4.69, 9.17) is 21.0 Å². The second kappa shape index (κ2) is 12.4. The van der Waals surface area contributed by atoms with Gasteiger partial charge in [0, 0.05) is 50.0 Å². The van der Waals surface area contributed by atoms with Crippen LogP contribution in [0.1, 0.15) is 59.1 Å². The number of aliphatic imine (C=N–C) groups is 1. The van der Waals surface area contributed by atoms with Gasteiger partial charge < -0.3 is 20.5 Å². The smallest absolute Gasteiger partial charge is 0.340 e. The molecule has 1 atom stereocenters. The predicted octanol–water partition coefficient (Wildman–Crippen LogP) is 2.10. The fourth-order valence-corrected chi connectivity index (χ4v) is 6.09. The van der Waals surface area contributed by atoms with Crippen LogP contribution in [-0.4, -0.2) is 83.0 Å². The predicted molar refractivity (Wildman–Crippen MR) is 142 cm³/mol. The molecule has 1 aliphatic heterocycles. The summed E-state index contributed by atoms with van der Waals surface area (Å²) in [7, 11) is 1.74. The molecule has 2 aromatic heterocycles. The third kappa shape index (κ3) is 6.25. The molecule has 3 heterocycles. The Kier molecular flexibility index (Phi) is 8.98. The zero-order valence-corrected chi connectivity index (χ0v) is 21.6. The van der Waals surface area contributed by atoms with Gasteiger partial charge in [-0.3, -0.25) is 10.3 Å². The Morgan fingerprint density at radius 1 is 1.33 bits per heavy atom. The molecule has 0 saturated carbocycles. The van der Waals surface area contributed by atoms with E-state index in [-0.39, 0.29) is 17.7 Å². The quantitative estimate of drug-likeness (QED) is 0.238. The van der Waals surface area contributed by atoms with Gasteiger partial charge in [-0.15, -0.1) is 16.3 Å². The molecule has 1 aliphatic carbocycles. The molecule has 0 radical (unpaired) electrons. The lowest BCUT2D eigenvalue weighted by Gasteiger charge is -2.21. The average molecular weight is 512 g/mol. The third-order valence-electron chi connectivity index (χ3n) is 6.79. The summed E-state index contributed by atoms with van der Waals surface area (Å²) in [6.45, 7) is 6.48. The Hall–Kier alpha value is -2.91. The van der Waals surface area contributed by atoms with Gasteiger partial charge in [0.1, 0.15) is 28.5 Å². The molecule has 0 aromatic carbocycles. The molecule has 4 rings (SSSR count). The summed E-state index contributed by atoms with van der Waals surface area (Å²) in [5, 5.41) is 27.2. The highest BCUT2D eigenvalue weighted by Crippen LogP contribution is 2.42. The van der Waals surface area contributed by atoms with Crippen LogP contribution in [0.15, 0.2) is 17.3 Å². The van der Waals surface area contributed by atoms with Gasteiger partial charge in [-0.05, 0) is 51.3 Å². The van der Waals surface area contributed by atoms with Gasteiger partial charge in [-0.2, -0.15) is 5.26 Å². The molecule has 0 bridgehead atoms. The largest absolute Gasteiger partial charge is 0.582 e. The van der Waals surface area contributed by atoms with Crippen molar-refractivity contribution >= 4 is 28.1 Å². The van der Waals surface area contributed by atoms with Crippen molar-refractivity contribution in [2.45, 2.75) is 44.6 Å². The Morgan fingerprint density at radius 3 is 2.94 bits per heavy atom. The molecule has 1 saturated heterocycles. The Balaban J connectivity index is 1.41. The SMILES string of the molecule is COCCCN1CCCN(Cc2nccc(C(=N)N=C([OH2+])[C@H]3CCCc4sc(N)c(C#N)c43)n2)CC1. The molecule has 1 fully saturated rings. The summed E-state index contributed by atoms with van der Waals surface area (Å²) in [5.41, 5.74) is 7.74. The highest BCUT2D eigenvalue weighted by molar-refractivity contribution is 7.16. The second-order valence-electron chi connectivity index (χ2n) is 9.26. The summed E-state index contributed by atoms with van der Waals surface area (Å²) in [5.74, 6) is 0.362. The number of ether oxygens (including phenoxy) is 1. The van der Waals surface area contributed by atoms with Gasteiger partial charge in [-0.25, -0.2) is 9.97 Å². The van der Waals surface area contributed by atoms with Crippen molar-refractivity contribution in [3.63, 3.8) is 0 Å². The van der Waals surface area contributed by atoms with E-state index in [1.807, 2.05) is 0 Å². The van der Waals surface area contributed by atoms with E-state index in [9.17, 15) is 5.26 Å². The van der Waals surface area contributed by atoms with Gasteiger partial charge in [0.25, 0.3) is 0 Å². The van der Waals surface area contributed by atoms with Crippen LogP contribution in [0.5, 0.6) is 0 Å². The molecule has 2 aromatic rings. The van der Waals surface area contributed by atoms with Crippen LogP contribution in [0.3, 0.4) is 0 Å².